The number of hydrogen-bond donors (Lipinski definition) is 2. The third-order valence-electron chi connectivity index (χ3n) is 3.39. The largest absolute Gasteiger partial charge is 0.482 e. The Balaban J connectivity index is 2.50. The highest BCUT2D eigenvalue weighted by Gasteiger charge is 2.16. The maximum absolute atomic E-state index is 12.1. The van der Waals surface area contributed by atoms with Gasteiger partial charge in [0.2, 0.25) is 10.0 Å². The van der Waals surface area contributed by atoms with Gasteiger partial charge in [0.1, 0.15) is 5.75 Å². The van der Waals surface area contributed by atoms with Crippen LogP contribution in [0.3, 0.4) is 0 Å². The second kappa shape index (κ2) is 12.1. The van der Waals surface area contributed by atoms with E-state index in [0.717, 1.165) is 19.3 Å². The van der Waals surface area contributed by atoms with Gasteiger partial charge in [0.15, 0.2) is 6.61 Å². The van der Waals surface area contributed by atoms with Crippen molar-refractivity contribution in [1.29, 1.82) is 0 Å². The minimum atomic E-state index is -3.60. The number of carbonyl (C=O) groups is 1. The molecule has 0 spiro atoms. The Morgan fingerprint density at radius 3 is 2.62 bits per heavy atom. The van der Waals surface area contributed by atoms with E-state index >= 15 is 0 Å². The molecule has 7 nitrogen and oxygen atoms in total. The van der Waals surface area contributed by atoms with Crippen LogP contribution in [0.5, 0.6) is 5.75 Å². The highest BCUT2D eigenvalue weighted by atomic mass is 35.5. The summed E-state index contributed by atoms with van der Waals surface area (Å²) in [7, 11) is -3.60. The minimum Gasteiger partial charge on any atom is -0.482 e. The molecule has 0 radical (unpaired) electrons. The summed E-state index contributed by atoms with van der Waals surface area (Å²) in [5.41, 5.74) is 0. The molecule has 0 saturated carbocycles. The van der Waals surface area contributed by atoms with E-state index in [1.807, 2.05) is 13.8 Å². The molecule has 0 unspecified atom stereocenters. The normalized spacial score (nSPS) is 11.3. The van der Waals surface area contributed by atoms with Gasteiger partial charge in [-0.1, -0.05) is 24.9 Å². The Bertz CT molecular complexity index is 667. The number of sulfonamides is 1. The monoisotopic (exact) mass is 406 g/mol. The van der Waals surface area contributed by atoms with Crippen molar-refractivity contribution in [3.05, 3.63) is 23.2 Å². The van der Waals surface area contributed by atoms with E-state index in [9.17, 15) is 13.2 Å². The molecule has 0 aliphatic rings. The second-order valence-corrected chi connectivity index (χ2v) is 7.71. The van der Waals surface area contributed by atoms with Crippen molar-refractivity contribution < 1.29 is 22.7 Å². The molecule has 0 heterocycles. The molecule has 2 N–H and O–H groups in total. The van der Waals surface area contributed by atoms with Crippen LogP contribution in [-0.2, 0) is 19.6 Å². The van der Waals surface area contributed by atoms with Crippen LogP contribution in [0.1, 0.15) is 33.1 Å². The molecule has 0 aromatic heterocycles. The molecule has 1 amide bonds. The van der Waals surface area contributed by atoms with E-state index in [1.54, 1.807) is 0 Å². The van der Waals surface area contributed by atoms with Crippen LogP contribution in [0.25, 0.3) is 0 Å². The smallest absolute Gasteiger partial charge is 0.257 e. The molecule has 9 heteroatoms. The fraction of sp³-hybridized carbons (Fsp3) is 0.588. The van der Waals surface area contributed by atoms with Gasteiger partial charge >= 0.3 is 0 Å². The summed E-state index contributed by atoms with van der Waals surface area (Å²) in [5, 5.41) is 2.83. The maximum Gasteiger partial charge on any atom is 0.257 e. The van der Waals surface area contributed by atoms with Crippen LogP contribution in [-0.4, -0.2) is 47.2 Å². The summed E-state index contributed by atoms with van der Waals surface area (Å²) in [6.45, 7) is 5.80. The number of hydrogen-bond acceptors (Lipinski definition) is 5. The van der Waals surface area contributed by atoms with E-state index in [2.05, 4.69) is 10.0 Å². The van der Waals surface area contributed by atoms with Crippen LogP contribution >= 0.6 is 11.6 Å². The van der Waals surface area contributed by atoms with E-state index in [1.165, 1.54) is 18.2 Å². The Morgan fingerprint density at radius 1 is 1.19 bits per heavy atom. The lowest BCUT2D eigenvalue weighted by Crippen LogP contribution is -2.30. The zero-order chi connectivity index (χ0) is 19.4. The topological polar surface area (TPSA) is 93.7 Å². The van der Waals surface area contributed by atoms with Crippen molar-refractivity contribution in [3.8, 4) is 5.75 Å². The lowest BCUT2D eigenvalue weighted by atomic mass is 10.3. The SMILES string of the molecule is CCCCNS(=O)(=O)c1ccc(OCC(=O)NCCCOCC)c(Cl)c1. The third kappa shape index (κ3) is 8.35. The van der Waals surface area contributed by atoms with Crippen LogP contribution in [0.15, 0.2) is 23.1 Å². The van der Waals surface area contributed by atoms with E-state index < -0.39 is 10.0 Å². The van der Waals surface area contributed by atoms with Crippen LogP contribution in [0.4, 0.5) is 0 Å². The molecule has 0 aliphatic carbocycles. The molecule has 26 heavy (non-hydrogen) atoms. The van der Waals surface area contributed by atoms with Gasteiger partial charge in [-0.15, -0.1) is 0 Å². The van der Waals surface area contributed by atoms with Crippen molar-refractivity contribution in [3.63, 3.8) is 0 Å². The zero-order valence-electron chi connectivity index (χ0n) is 15.2. The fourth-order valence-corrected chi connectivity index (χ4v) is 3.37. The molecule has 0 aliphatic heterocycles. The Morgan fingerprint density at radius 2 is 1.96 bits per heavy atom. The van der Waals surface area contributed by atoms with Crippen LogP contribution in [0.2, 0.25) is 5.02 Å². The van der Waals surface area contributed by atoms with Crippen molar-refractivity contribution in [2.45, 2.75) is 38.0 Å². The first-order valence-electron chi connectivity index (χ1n) is 8.67. The lowest BCUT2D eigenvalue weighted by molar-refractivity contribution is -0.123. The number of unbranched alkanes of at least 4 members (excludes halogenated alkanes) is 1. The molecule has 0 saturated heterocycles. The van der Waals surface area contributed by atoms with Gasteiger partial charge in [-0.05, 0) is 38.0 Å². The number of halogens is 1. The van der Waals surface area contributed by atoms with Crippen molar-refractivity contribution >= 4 is 27.5 Å². The highest BCUT2D eigenvalue weighted by molar-refractivity contribution is 7.89. The molecule has 0 bridgehead atoms. The zero-order valence-corrected chi connectivity index (χ0v) is 16.8. The predicted octanol–water partition coefficient (Wildman–Crippen LogP) is 2.34. The average molecular weight is 407 g/mol. The number of rotatable bonds is 13. The Kier molecular flexibility index (Phi) is 10.6. The summed E-state index contributed by atoms with van der Waals surface area (Å²) in [6.07, 6.45) is 2.37. The maximum atomic E-state index is 12.1. The van der Waals surface area contributed by atoms with Crippen LogP contribution in [0, 0.1) is 0 Å². The number of benzene rings is 1. The fourth-order valence-electron chi connectivity index (χ4n) is 1.97. The molecule has 1 rings (SSSR count). The van der Waals surface area contributed by atoms with E-state index in [0.29, 0.717) is 26.3 Å². The molecule has 1 aromatic rings. The van der Waals surface area contributed by atoms with Crippen molar-refractivity contribution in [2.24, 2.45) is 0 Å². The summed E-state index contributed by atoms with van der Waals surface area (Å²) in [4.78, 5) is 11.8. The van der Waals surface area contributed by atoms with Crippen molar-refractivity contribution in [1.82, 2.24) is 10.0 Å². The van der Waals surface area contributed by atoms with Gasteiger partial charge < -0.3 is 14.8 Å². The molecular weight excluding hydrogens is 380 g/mol. The summed E-state index contributed by atoms with van der Waals surface area (Å²) in [6, 6.07) is 4.15. The number of carbonyl (C=O) groups excluding carboxylic acids is 1. The highest BCUT2D eigenvalue weighted by Crippen LogP contribution is 2.27. The first kappa shape index (κ1) is 22.7. The quantitative estimate of drug-likeness (QED) is 0.490. The summed E-state index contributed by atoms with van der Waals surface area (Å²) >= 11 is 6.08. The van der Waals surface area contributed by atoms with Gasteiger partial charge in [0.25, 0.3) is 5.91 Å². The minimum absolute atomic E-state index is 0.0614. The van der Waals surface area contributed by atoms with Crippen molar-refractivity contribution in [2.75, 3.05) is 32.9 Å². The van der Waals surface area contributed by atoms with Gasteiger partial charge in [0.05, 0.1) is 9.92 Å². The third-order valence-corrected chi connectivity index (χ3v) is 5.14. The number of nitrogens with one attached hydrogen (secondary N) is 2. The average Bonchev–Trinajstić information content (AvgIpc) is 2.60. The summed E-state index contributed by atoms with van der Waals surface area (Å²) < 4.78 is 37.3. The Hall–Kier alpha value is -1.35. The van der Waals surface area contributed by atoms with Gasteiger partial charge in [-0.2, -0.15) is 0 Å². The summed E-state index contributed by atoms with van der Waals surface area (Å²) in [5.74, 6) is -0.0286. The lowest BCUT2D eigenvalue weighted by Gasteiger charge is -2.11. The first-order chi connectivity index (χ1) is 12.4. The molecule has 0 atom stereocenters. The number of amides is 1. The Labute approximate surface area is 160 Å². The standard InChI is InChI=1S/C17H27ClN2O5S/c1-3-5-10-20-26(22,23)14-7-8-16(15(18)12-14)25-13-17(21)19-9-6-11-24-4-2/h7-8,12,20H,3-6,9-11,13H2,1-2H3,(H,19,21). The molecular formula is C17H27ClN2O5S. The van der Waals surface area contributed by atoms with Gasteiger partial charge in [-0.25, -0.2) is 13.1 Å². The molecule has 0 fully saturated rings. The second-order valence-electron chi connectivity index (χ2n) is 5.53. The predicted molar refractivity (Wildman–Crippen MR) is 101 cm³/mol. The number of ether oxygens (including phenoxy) is 2. The molecule has 1 aromatic carbocycles. The van der Waals surface area contributed by atoms with E-state index in [-0.39, 0.29) is 28.2 Å². The first-order valence-corrected chi connectivity index (χ1v) is 10.5. The van der Waals surface area contributed by atoms with E-state index in [4.69, 9.17) is 21.1 Å². The van der Waals surface area contributed by atoms with Crippen LogP contribution < -0.4 is 14.8 Å². The van der Waals surface area contributed by atoms with Gasteiger partial charge in [0, 0.05) is 26.3 Å². The van der Waals surface area contributed by atoms with Gasteiger partial charge in [-0.3, -0.25) is 4.79 Å². The molecule has 148 valence electrons.